The molecule has 0 saturated heterocycles. The Morgan fingerprint density at radius 1 is 1.44 bits per heavy atom. The van der Waals surface area contributed by atoms with E-state index < -0.39 is 0 Å². The summed E-state index contributed by atoms with van der Waals surface area (Å²) in [6.45, 7) is 1.98. The highest BCUT2D eigenvalue weighted by molar-refractivity contribution is 8.13. The Kier molecular flexibility index (Phi) is 6.67. The number of hydrogen-bond acceptors (Lipinski definition) is 4. The van der Waals surface area contributed by atoms with Crippen LogP contribution in [0, 0.1) is 11.3 Å². The number of benzene rings is 1. The number of nitrogens with zero attached hydrogens (tertiary/aromatic N) is 1. The predicted molar refractivity (Wildman–Crippen MR) is 74.3 cm³/mol. The fraction of sp³-hybridized carbons (Fsp3) is 0.286. The second kappa shape index (κ2) is 8.37. The SMILES string of the molecule is CC(=O)SCC=Cc1ccc(OCCC#N)cc1. The summed E-state index contributed by atoms with van der Waals surface area (Å²) in [5, 5.41) is 8.51. The summed E-state index contributed by atoms with van der Waals surface area (Å²) in [5.74, 6) is 1.45. The zero-order valence-electron chi connectivity index (χ0n) is 10.3. The highest BCUT2D eigenvalue weighted by atomic mass is 32.2. The van der Waals surface area contributed by atoms with Crippen molar-refractivity contribution in [3.8, 4) is 11.8 Å². The monoisotopic (exact) mass is 261 g/mol. The fourth-order valence-electron chi connectivity index (χ4n) is 1.24. The molecule has 0 atom stereocenters. The fourth-order valence-corrected chi connectivity index (χ4v) is 1.67. The Hall–Kier alpha value is -1.73. The van der Waals surface area contributed by atoms with Gasteiger partial charge < -0.3 is 4.74 Å². The predicted octanol–water partition coefficient (Wildman–Crippen LogP) is 3.27. The molecule has 18 heavy (non-hydrogen) atoms. The Morgan fingerprint density at radius 2 is 2.17 bits per heavy atom. The lowest BCUT2D eigenvalue weighted by Crippen LogP contribution is -1.95. The number of thioether (sulfide) groups is 1. The minimum atomic E-state index is 0.126. The van der Waals surface area contributed by atoms with Crippen molar-refractivity contribution < 1.29 is 9.53 Å². The van der Waals surface area contributed by atoms with Crippen molar-refractivity contribution in [2.45, 2.75) is 13.3 Å². The summed E-state index contributed by atoms with van der Waals surface area (Å²) in [6.07, 6.45) is 4.32. The average molecular weight is 261 g/mol. The maximum absolute atomic E-state index is 10.7. The highest BCUT2D eigenvalue weighted by Crippen LogP contribution is 2.13. The van der Waals surface area contributed by atoms with Crippen molar-refractivity contribution >= 4 is 23.0 Å². The van der Waals surface area contributed by atoms with Crippen molar-refractivity contribution in [1.29, 1.82) is 5.26 Å². The molecule has 0 N–H and O–H groups in total. The third kappa shape index (κ3) is 6.12. The molecule has 1 aromatic rings. The van der Waals surface area contributed by atoms with E-state index in [4.69, 9.17) is 10.00 Å². The molecule has 0 heterocycles. The van der Waals surface area contributed by atoms with Gasteiger partial charge in [0.1, 0.15) is 12.4 Å². The molecule has 0 aliphatic carbocycles. The minimum absolute atomic E-state index is 0.126. The van der Waals surface area contributed by atoms with Gasteiger partial charge in [0, 0.05) is 12.7 Å². The smallest absolute Gasteiger partial charge is 0.186 e. The number of ether oxygens (including phenoxy) is 1. The van der Waals surface area contributed by atoms with Crippen LogP contribution in [0.4, 0.5) is 0 Å². The molecule has 3 nitrogen and oxygen atoms in total. The molecule has 0 aliphatic rings. The molecule has 0 aliphatic heterocycles. The van der Waals surface area contributed by atoms with Crippen LogP contribution in [-0.2, 0) is 4.79 Å². The highest BCUT2D eigenvalue weighted by Gasteiger charge is 1.93. The van der Waals surface area contributed by atoms with Crippen LogP contribution in [0.1, 0.15) is 18.9 Å². The lowest BCUT2D eigenvalue weighted by Gasteiger charge is -2.03. The molecular weight excluding hydrogens is 246 g/mol. The molecule has 4 heteroatoms. The summed E-state index contributed by atoms with van der Waals surface area (Å²) in [6, 6.07) is 9.65. The quantitative estimate of drug-likeness (QED) is 0.737. The Bertz CT molecular complexity index is 446. The molecular formula is C14H15NO2S. The largest absolute Gasteiger partial charge is 0.493 e. The summed E-state index contributed by atoms with van der Waals surface area (Å²) >= 11 is 1.29. The molecule has 0 radical (unpaired) electrons. The van der Waals surface area contributed by atoms with Crippen LogP contribution in [0.2, 0.25) is 0 Å². The number of rotatable bonds is 6. The summed E-state index contributed by atoms with van der Waals surface area (Å²) in [5.41, 5.74) is 1.06. The van der Waals surface area contributed by atoms with Gasteiger partial charge in [-0.15, -0.1) is 0 Å². The van der Waals surface area contributed by atoms with Crippen LogP contribution in [0.15, 0.2) is 30.3 Å². The first-order valence-electron chi connectivity index (χ1n) is 5.62. The molecule has 94 valence electrons. The molecule has 0 saturated carbocycles. The second-order valence-corrected chi connectivity index (χ2v) is 4.73. The maximum atomic E-state index is 10.7. The topological polar surface area (TPSA) is 50.1 Å². The van der Waals surface area contributed by atoms with Crippen LogP contribution < -0.4 is 4.74 Å². The molecule has 0 bridgehead atoms. The summed E-state index contributed by atoms with van der Waals surface area (Å²) in [7, 11) is 0. The van der Waals surface area contributed by atoms with Gasteiger partial charge in [-0.25, -0.2) is 0 Å². The Morgan fingerprint density at radius 3 is 2.78 bits per heavy atom. The van der Waals surface area contributed by atoms with E-state index in [1.807, 2.05) is 42.5 Å². The van der Waals surface area contributed by atoms with Crippen molar-refractivity contribution in [1.82, 2.24) is 0 Å². The van der Waals surface area contributed by atoms with Crippen molar-refractivity contribution in [3.63, 3.8) is 0 Å². The zero-order chi connectivity index (χ0) is 13.2. The van der Waals surface area contributed by atoms with Crippen LogP contribution in [-0.4, -0.2) is 17.5 Å². The number of carbonyl (C=O) groups is 1. The van der Waals surface area contributed by atoms with E-state index in [1.54, 1.807) is 6.92 Å². The van der Waals surface area contributed by atoms with Gasteiger partial charge in [-0.2, -0.15) is 5.26 Å². The summed E-state index contributed by atoms with van der Waals surface area (Å²) in [4.78, 5) is 10.7. The number of nitriles is 1. The standard InChI is InChI=1S/C14H15NO2S/c1-12(16)18-11-2-4-13-5-7-14(8-6-13)17-10-3-9-15/h2,4-8H,3,10-11H2,1H3. The van der Waals surface area contributed by atoms with Crippen molar-refractivity contribution in [2.24, 2.45) is 0 Å². The van der Waals surface area contributed by atoms with Gasteiger partial charge in [-0.05, 0) is 17.7 Å². The first-order valence-corrected chi connectivity index (χ1v) is 6.60. The van der Waals surface area contributed by atoms with Gasteiger partial charge in [0.25, 0.3) is 0 Å². The average Bonchev–Trinajstić information content (AvgIpc) is 2.36. The van der Waals surface area contributed by atoms with E-state index in [0.29, 0.717) is 18.8 Å². The van der Waals surface area contributed by atoms with Crippen LogP contribution in [0.25, 0.3) is 6.08 Å². The molecule has 0 spiro atoms. The summed E-state index contributed by atoms with van der Waals surface area (Å²) < 4.78 is 5.36. The second-order valence-electron chi connectivity index (χ2n) is 3.53. The van der Waals surface area contributed by atoms with Gasteiger partial charge in [0.05, 0.1) is 12.5 Å². The zero-order valence-corrected chi connectivity index (χ0v) is 11.1. The molecule has 0 amide bonds. The Balaban J connectivity index is 2.40. The van der Waals surface area contributed by atoms with Crippen molar-refractivity contribution in [3.05, 3.63) is 35.9 Å². The van der Waals surface area contributed by atoms with Gasteiger partial charge >= 0.3 is 0 Å². The van der Waals surface area contributed by atoms with Gasteiger partial charge in [0.2, 0.25) is 0 Å². The van der Waals surface area contributed by atoms with E-state index in [1.165, 1.54) is 11.8 Å². The minimum Gasteiger partial charge on any atom is -0.493 e. The Labute approximate surface area is 111 Å². The molecule has 1 aromatic carbocycles. The van der Waals surface area contributed by atoms with E-state index in [2.05, 4.69) is 0 Å². The molecule has 0 unspecified atom stereocenters. The van der Waals surface area contributed by atoms with E-state index in [0.717, 1.165) is 11.3 Å². The molecule has 0 fully saturated rings. The normalized spacial score (nSPS) is 10.2. The van der Waals surface area contributed by atoms with Gasteiger partial charge in [-0.1, -0.05) is 36.0 Å². The van der Waals surface area contributed by atoms with E-state index in [-0.39, 0.29) is 5.12 Å². The van der Waals surface area contributed by atoms with Gasteiger partial charge in [-0.3, -0.25) is 4.79 Å². The maximum Gasteiger partial charge on any atom is 0.186 e. The molecule has 0 aromatic heterocycles. The van der Waals surface area contributed by atoms with E-state index >= 15 is 0 Å². The van der Waals surface area contributed by atoms with Crippen molar-refractivity contribution in [2.75, 3.05) is 12.4 Å². The number of carbonyl (C=O) groups excluding carboxylic acids is 1. The van der Waals surface area contributed by atoms with Gasteiger partial charge in [0.15, 0.2) is 5.12 Å². The first kappa shape index (κ1) is 14.3. The third-order valence-corrected chi connectivity index (χ3v) is 2.82. The van der Waals surface area contributed by atoms with Crippen LogP contribution in [0.5, 0.6) is 5.75 Å². The first-order chi connectivity index (χ1) is 8.72. The molecule has 1 rings (SSSR count). The third-order valence-electron chi connectivity index (χ3n) is 2.06. The van der Waals surface area contributed by atoms with Crippen LogP contribution >= 0.6 is 11.8 Å². The van der Waals surface area contributed by atoms with E-state index in [9.17, 15) is 4.79 Å². The van der Waals surface area contributed by atoms with Crippen LogP contribution in [0.3, 0.4) is 0 Å². The number of hydrogen-bond donors (Lipinski definition) is 0. The lowest BCUT2D eigenvalue weighted by atomic mass is 10.2. The lowest BCUT2D eigenvalue weighted by molar-refractivity contribution is -0.109.